The first-order valence-electron chi connectivity index (χ1n) is 8.24. The molecule has 0 aliphatic carbocycles. The molecule has 0 saturated heterocycles. The molecule has 1 aromatic carbocycles. The van der Waals surface area contributed by atoms with E-state index in [2.05, 4.69) is 20.4 Å². The largest absolute Gasteiger partial charge is 0.350 e. The monoisotopic (exact) mass is 382 g/mol. The third kappa shape index (κ3) is 3.26. The van der Waals surface area contributed by atoms with E-state index in [0.29, 0.717) is 34.1 Å². The molecule has 0 radical (unpaired) electrons. The van der Waals surface area contributed by atoms with Gasteiger partial charge in [-0.05, 0) is 24.6 Å². The number of carbonyl (C=O) groups is 1. The lowest BCUT2D eigenvalue weighted by atomic mass is 10.2. The molecule has 0 aliphatic heterocycles. The smallest absolute Gasteiger partial charge is 0.262 e. The maximum absolute atomic E-state index is 12.7. The molecule has 0 bridgehead atoms. The van der Waals surface area contributed by atoms with Crippen molar-refractivity contribution >= 4 is 34.2 Å². The minimum absolute atomic E-state index is 0.104. The number of halogens is 1. The molecular weight excluding hydrogens is 368 g/mol. The molecule has 0 atom stereocenters. The van der Waals surface area contributed by atoms with Crippen LogP contribution in [0.25, 0.3) is 16.7 Å². The van der Waals surface area contributed by atoms with Crippen molar-refractivity contribution in [2.45, 2.75) is 20.0 Å². The van der Waals surface area contributed by atoms with Crippen molar-refractivity contribution < 1.29 is 4.79 Å². The molecule has 4 aromatic rings. The van der Waals surface area contributed by atoms with Crippen molar-refractivity contribution in [3.63, 3.8) is 0 Å². The summed E-state index contributed by atoms with van der Waals surface area (Å²) >= 11 is 6.08. The average molecular weight is 383 g/mol. The fraction of sp³-hybridized carbons (Fsp3) is 0.167. The van der Waals surface area contributed by atoms with Crippen molar-refractivity contribution in [3.05, 3.63) is 69.5 Å². The fourth-order valence-electron chi connectivity index (χ4n) is 2.83. The van der Waals surface area contributed by atoms with Crippen molar-refractivity contribution in [1.82, 2.24) is 29.5 Å². The zero-order chi connectivity index (χ0) is 19.0. The van der Waals surface area contributed by atoms with Gasteiger partial charge in [-0.2, -0.15) is 9.50 Å². The number of rotatable bonds is 4. The van der Waals surface area contributed by atoms with Crippen molar-refractivity contribution in [3.8, 4) is 0 Å². The van der Waals surface area contributed by atoms with Crippen LogP contribution in [0.2, 0.25) is 5.02 Å². The first-order valence-corrected chi connectivity index (χ1v) is 8.62. The quantitative estimate of drug-likeness (QED) is 0.580. The summed E-state index contributed by atoms with van der Waals surface area (Å²) in [6, 6.07) is 8.99. The molecule has 0 fully saturated rings. The van der Waals surface area contributed by atoms with E-state index in [1.807, 2.05) is 18.2 Å². The Morgan fingerprint density at radius 1 is 1.26 bits per heavy atom. The predicted molar refractivity (Wildman–Crippen MR) is 101 cm³/mol. The molecule has 3 aromatic heterocycles. The summed E-state index contributed by atoms with van der Waals surface area (Å²) < 4.78 is 2.86. The second kappa shape index (κ2) is 6.81. The first kappa shape index (κ1) is 17.2. The Kier molecular flexibility index (Phi) is 4.33. The number of fused-ring (bicyclic) bond motifs is 3. The molecule has 4 rings (SSSR count). The molecule has 3 heterocycles. The number of carbonyl (C=O) groups excluding carboxylic acids is 1. The van der Waals surface area contributed by atoms with Gasteiger partial charge in [0, 0.05) is 24.0 Å². The third-order valence-electron chi connectivity index (χ3n) is 4.16. The van der Waals surface area contributed by atoms with Crippen molar-refractivity contribution in [2.24, 2.45) is 0 Å². The molecule has 27 heavy (non-hydrogen) atoms. The number of amides is 1. The predicted octanol–water partition coefficient (Wildman–Crippen LogP) is 1.72. The van der Waals surface area contributed by atoms with E-state index < -0.39 is 0 Å². The van der Waals surface area contributed by atoms with E-state index in [1.165, 1.54) is 15.3 Å². The van der Waals surface area contributed by atoms with Gasteiger partial charge in [-0.1, -0.05) is 29.8 Å². The average Bonchev–Trinajstić information content (AvgIpc) is 3.04. The Bertz CT molecular complexity index is 1230. The molecule has 1 N–H and O–H groups in total. The van der Waals surface area contributed by atoms with Gasteiger partial charge in [0.15, 0.2) is 0 Å². The van der Waals surface area contributed by atoms with Crippen LogP contribution in [0, 0.1) is 6.92 Å². The van der Waals surface area contributed by atoms with Crippen LogP contribution in [0.3, 0.4) is 0 Å². The molecule has 9 heteroatoms. The lowest BCUT2D eigenvalue weighted by Crippen LogP contribution is -2.32. The van der Waals surface area contributed by atoms with Crippen LogP contribution in [-0.2, 0) is 17.9 Å². The molecule has 136 valence electrons. The fourth-order valence-corrected chi connectivity index (χ4v) is 3.03. The van der Waals surface area contributed by atoms with Crippen LogP contribution in [-0.4, -0.2) is 30.1 Å². The summed E-state index contributed by atoms with van der Waals surface area (Å²) in [5, 5.41) is 7.97. The van der Waals surface area contributed by atoms with Gasteiger partial charge in [0.05, 0.1) is 10.9 Å². The second-order valence-corrected chi connectivity index (χ2v) is 6.45. The van der Waals surface area contributed by atoms with E-state index >= 15 is 0 Å². The van der Waals surface area contributed by atoms with Crippen LogP contribution in [0.5, 0.6) is 0 Å². The Balaban J connectivity index is 1.57. The Hall–Kier alpha value is -3.26. The highest BCUT2D eigenvalue weighted by Gasteiger charge is 2.12. The van der Waals surface area contributed by atoms with Crippen LogP contribution in [0.4, 0.5) is 0 Å². The summed E-state index contributed by atoms with van der Waals surface area (Å²) in [6.45, 7) is 1.94. The number of pyridine rings is 1. The summed E-state index contributed by atoms with van der Waals surface area (Å²) in [7, 11) is 0. The molecular formula is C18H15ClN6O2. The topological polar surface area (TPSA) is 94.2 Å². The second-order valence-electron chi connectivity index (χ2n) is 6.04. The summed E-state index contributed by atoms with van der Waals surface area (Å²) in [4.78, 5) is 33.3. The van der Waals surface area contributed by atoms with E-state index in [4.69, 9.17) is 11.6 Å². The van der Waals surface area contributed by atoms with Gasteiger partial charge in [0.2, 0.25) is 5.91 Å². The van der Waals surface area contributed by atoms with Gasteiger partial charge >= 0.3 is 0 Å². The number of hydrogen-bond donors (Lipinski definition) is 1. The number of aromatic nitrogens is 5. The summed E-state index contributed by atoms with van der Waals surface area (Å²) in [6.07, 6.45) is 3.02. The number of benzene rings is 1. The molecule has 0 unspecified atom stereocenters. The normalized spacial score (nSPS) is 11.2. The first-order chi connectivity index (χ1) is 13.0. The highest BCUT2D eigenvalue weighted by molar-refractivity contribution is 6.31. The summed E-state index contributed by atoms with van der Waals surface area (Å²) in [5.41, 5.74) is 1.09. The number of nitrogens with zero attached hydrogens (tertiary/aromatic N) is 5. The van der Waals surface area contributed by atoms with E-state index in [0.717, 1.165) is 5.56 Å². The maximum atomic E-state index is 12.7. The van der Waals surface area contributed by atoms with E-state index in [-0.39, 0.29) is 18.0 Å². The lowest BCUT2D eigenvalue weighted by Gasteiger charge is -2.09. The van der Waals surface area contributed by atoms with Crippen LogP contribution >= 0.6 is 11.6 Å². The van der Waals surface area contributed by atoms with Crippen molar-refractivity contribution in [2.75, 3.05) is 0 Å². The van der Waals surface area contributed by atoms with Gasteiger partial charge in [0.1, 0.15) is 12.4 Å². The molecule has 0 saturated carbocycles. The molecule has 0 aliphatic rings. The van der Waals surface area contributed by atoms with Crippen LogP contribution in [0.1, 0.15) is 11.4 Å². The number of aryl methyl sites for hydroxylation is 1. The van der Waals surface area contributed by atoms with Gasteiger partial charge in [-0.25, -0.2) is 4.98 Å². The Morgan fingerprint density at radius 3 is 2.89 bits per heavy atom. The maximum Gasteiger partial charge on any atom is 0.262 e. The zero-order valence-corrected chi connectivity index (χ0v) is 15.1. The van der Waals surface area contributed by atoms with Gasteiger partial charge < -0.3 is 9.88 Å². The molecule has 1 amide bonds. The summed E-state index contributed by atoms with van der Waals surface area (Å²) in [5.74, 6) is 0.703. The molecule has 8 nitrogen and oxygen atoms in total. The van der Waals surface area contributed by atoms with E-state index in [1.54, 1.807) is 25.3 Å². The van der Waals surface area contributed by atoms with E-state index in [9.17, 15) is 9.59 Å². The Labute approximate surface area is 158 Å². The molecule has 0 spiro atoms. The van der Waals surface area contributed by atoms with Gasteiger partial charge in [-0.3, -0.25) is 9.59 Å². The minimum atomic E-state index is -0.317. The zero-order valence-electron chi connectivity index (χ0n) is 14.4. The van der Waals surface area contributed by atoms with Crippen LogP contribution in [0.15, 0.2) is 47.5 Å². The van der Waals surface area contributed by atoms with Crippen LogP contribution < -0.4 is 10.9 Å². The number of nitrogens with one attached hydrogen (secondary N) is 1. The Morgan fingerprint density at radius 2 is 2.07 bits per heavy atom. The van der Waals surface area contributed by atoms with Gasteiger partial charge in [0.25, 0.3) is 11.3 Å². The van der Waals surface area contributed by atoms with Crippen molar-refractivity contribution in [1.29, 1.82) is 0 Å². The number of hydrogen-bond acceptors (Lipinski definition) is 5. The third-order valence-corrected chi connectivity index (χ3v) is 4.53. The SMILES string of the molecule is Cc1nc2ncc3c(=O)n(CC(=O)NCc4ccccc4Cl)ccc3n2n1. The standard InChI is InChI=1S/C18H15ClN6O2/c1-11-22-18-21-9-13-15(25(18)23-11)6-7-24(17(13)27)10-16(26)20-8-12-4-2-3-5-14(12)19/h2-7,9H,8,10H2,1H3,(H,20,26). The minimum Gasteiger partial charge on any atom is -0.350 e. The highest BCUT2D eigenvalue weighted by Crippen LogP contribution is 2.14. The van der Waals surface area contributed by atoms with Gasteiger partial charge in [-0.15, -0.1) is 5.10 Å². The highest BCUT2D eigenvalue weighted by atomic mass is 35.5. The lowest BCUT2D eigenvalue weighted by molar-refractivity contribution is -0.121.